The van der Waals surface area contributed by atoms with E-state index in [1.807, 2.05) is 31.2 Å². The molecule has 1 aliphatic rings. The Balaban J connectivity index is 1.71. The summed E-state index contributed by atoms with van der Waals surface area (Å²) in [4.78, 5) is 2.03. The highest BCUT2D eigenvalue weighted by Crippen LogP contribution is 2.36. The molecule has 28 heavy (non-hydrogen) atoms. The van der Waals surface area contributed by atoms with E-state index >= 15 is 0 Å². The van der Waals surface area contributed by atoms with Gasteiger partial charge in [0.05, 0.1) is 0 Å². The van der Waals surface area contributed by atoms with Crippen molar-refractivity contribution >= 4 is 32.8 Å². The van der Waals surface area contributed by atoms with Crippen LogP contribution >= 0.6 is 11.8 Å². The first-order chi connectivity index (χ1) is 13.3. The molecule has 1 aromatic heterocycles. The highest BCUT2D eigenvalue weighted by atomic mass is 32.2. The zero-order chi connectivity index (χ0) is 19.9. The van der Waals surface area contributed by atoms with Gasteiger partial charge in [-0.2, -0.15) is 4.31 Å². The maximum atomic E-state index is 13.3. The van der Waals surface area contributed by atoms with Gasteiger partial charge in [0.2, 0.25) is 10.0 Å². The third-order valence-electron chi connectivity index (χ3n) is 5.04. The highest BCUT2D eigenvalue weighted by molar-refractivity contribution is 7.99. The summed E-state index contributed by atoms with van der Waals surface area (Å²) in [7, 11) is -3.66. The minimum atomic E-state index is -3.66. The van der Waals surface area contributed by atoms with Crippen LogP contribution in [0, 0.1) is 18.8 Å². The number of nitrogens with zero attached hydrogens (tertiary/aromatic N) is 3. The SMILES string of the molecule is Cc1ccc(Sc2ccc(S(=O)(=O)N3CC(C)CC(C)C3)c3nonc23)cc1. The molecule has 6 nitrogen and oxygen atoms in total. The van der Waals surface area contributed by atoms with Crippen LogP contribution in [0.15, 0.2) is 55.7 Å². The van der Waals surface area contributed by atoms with Crippen molar-refractivity contribution < 1.29 is 13.0 Å². The Kier molecular flexibility index (Phi) is 5.20. The van der Waals surface area contributed by atoms with E-state index in [-0.39, 0.29) is 4.90 Å². The monoisotopic (exact) mass is 417 g/mol. The van der Waals surface area contributed by atoms with Gasteiger partial charge in [-0.3, -0.25) is 0 Å². The van der Waals surface area contributed by atoms with Crippen molar-refractivity contribution in [1.29, 1.82) is 0 Å². The third kappa shape index (κ3) is 3.68. The van der Waals surface area contributed by atoms with Gasteiger partial charge in [-0.15, -0.1) is 0 Å². The van der Waals surface area contributed by atoms with Crippen molar-refractivity contribution in [1.82, 2.24) is 14.6 Å². The molecule has 4 rings (SSSR count). The zero-order valence-electron chi connectivity index (χ0n) is 16.1. The van der Waals surface area contributed by atoms with Gasteiger partial charge in [0.15, 0.2) is 11.0 Å². The van der Waals surface area contributed by atoms with Crippen molar-refractivity contribution in [2.75, 3.05) is 13.1 Å². The quantitative estimate of drug-likeness (QED) is 0.628. The second kappa shape index (κ2) is 7.50. The average Bonchev–Trinajstić information content (AvgIpc) is 3.13. The van der Waals surface area contributed by atoms with E-state index in [0.717, 1.165) is 16.2 Å². The molecule has 8 heteroatoms. The Morgan fingerprint density at radius 3 is 2.32 bits per heavy atom. The molecule has 0 N–H and O–H groups in total. The van der Waals surface area contributed by atoms with Crippen LogP contribution in [0.2, 0.25) is 0 Å². The number of rotatable bonds is 4. The Morgan fingerprint density at radius 2 is 1.64 bits per heavy atom. The molecule has 2 aromatic carbocycles. The maximum Gasteiger partial charge on any atom is 0.245 e. The maximum absolute atomic E-state index is 13.3. The van der Waals surface area contributed by atoms with Crippen LogP contribution < -0.4 is 0 Å². The van der Waals surface area contributed by atoms with Gasteiger partial charge in [0, 0.05) is 22.9 Å². The molecule has 0 amide bonds. The molecule has 2 heterocycles. The minimum Gasteiger partial charge on any atom is -0.243 e. The third-order valence-corrected chi connectivity index (χ3v) is 7.96. The van der Waals surface area contributed by atoms with Crippen molar-refractivity contribution in [3.8, 4) is 0 Å². The minimum absolute atomic E-state index is 0.165. The lowest BCUT2D eigenvalue weighted by molar-refractivity contribution is 0.222. The lowest BCUT2D eigenvalue weighted by Crippen LogP contribution is -2.42. The molecule has 0 spiro atoms. The van der Waals surface area contributed by atoms with Gasteiger partial charge >= 0.3 is 0 Å². The number of piperidine rings is 1. The number of hydrogen-bond acceptors (Lipinski definition) is 6. The number of sulfonamides is 1. The molecule has 0 saturated carbocycles. The Labute approximate surface area is 169 Å². The number of aromatic nitrogens is 2. The predicted octanol–water partition coefficient (Wildman–Crippen LogP) is 4.35. The largest absolute Gasteiger partial charge is 0.245 e. The Morgan fingerprint density at radius 1 is 1.00 bits per heavy atom. The summed E-state index contributed by atoms with van der Waals surface area (Å²) in [6.45, 7) is 7.27. The van der Waals surface area contributed by atoms with E-state index in [9.17, 15) is 8.42 Å². The summed E-state index contributed by atoms with van der Waals surface area (Å²) in [6, 6.07) is 11.6. The lowest BCUT2D eigenvalue weighted by Gasteiger charge is -2.34. The summed E-state index contributed by atoms with van der Waals surface area (Å²) in [5.41, 5.74) is 1.96. The summed E-state index contributed by atoms with van der Waals surface area (Å²) < 4.78 is 33.1. The first-order valence-corrected chi connectivity index (χ1v) is 11.6. The van der Waals surface area contributed by atoms with E-state index in [1.54, 1.807) is 16.4 Å². The lowest BCUT2D eigenvalue weighted by atomic mass is 9.94. The van der Waals surface area contributed by atoms with Crippen molar-refractivity contribution in [3.05, 3.63) is 42.0 Å². The van der Waals surface area contributed by atoms with Gasteiger partial charge in [0.1, 0.15) is 4.90 Å². The van der Waals surface area contributed by atoms with Gasteiger partial charge < -0.3 is 0 Å². The molecule has 1 saturated heterocycles. The van der Waals surface area contributed by atoms with Crippen LogP contribution in [0.5, 0.6) is 0 Å². The molecule has 2 atom stereocenters. The second-order valence-corrected chi connectivity index (χ2v) is 10.7. The van der Waals surface area contributed by atoms with Crippen LogP contribution in [-0.2, 0) is 10.0 Å². The van der Waals surface area contributed by atoms with Gasteiger partial charge in [-0.1, -0.05) is 43.3 Å². The van der Waals surface area contributed by atoms with Gasteiger partial charge in [-0.25, -0.2) is 13.0 Å². The zero-order valence-corrected chi connectivity index (χ0v) is 17.8. The van der Waals surface area contributed by atoms with E-state index in [4.69, 9.17) is 4.63 Å². The number of benzene rings is 2. The summed E-state index contributed by atoms with van der Waals surface area (Å²) >= 11 is 1.52. The number of fused-ring (bicyclic) bond motifs is 1. The molecular formula is C20H23N3O3S2. The molecule has 0 radical (unpaired) electrons. The molecule has 0 aliphatic carbocycles. The molecule has 3 aromatic rings. The van der Waals surface area contributed by atoms with E-state index in [1.165, 1.54) is 17.3 Å². The first kappa shape index (κ1) is 19.4. The molecule has 0 bridgehead atoms. The average molecular weight is 418 g/mol. The Bertz CT molecular complexity index is 1080. The first-order valence-electron chi connectivity index (χ1n) is 9.34. The fourth-order valence-corrected chi connectivity index (χ4v) is 6.48. The van der Waals surface area contributed by atoms with Crippen LogP contribution in [0.25, 0.3) is 11.0 Å². The van der Waals surface area contributed by atoms with Crippen LogP contribution in [0.1, 0.15) is 25.8 Å². The normalized spacial score (nSPS) is 21.2. The molecule has 1 aliphatic heterocycles. The van der Waals surface area contributed by atoms with E-state index in [2.05, 4.69) is 24.2 Å². The number of aryl methyl sites for hydroxylation is 1. The summed E-state index contributed by atoms with van der Waals surface area (Å²) in [5.74, 6) is 0.668. The standard InChI is InChI=1S/C20H23N3O3S2/c1-13-4-6-16(7-5-13)27-17-8-9-18(20-19(17)21-26-22-20)28(24,25)23-11-14(2)10-15(3)12-23/h4-9,14-15H,10-12H2,1-3H3. The van der Waals surface area contributed by atoms with Crippen molar-refractivity contribution in [2.45, 2.75) is 41.9 Å². The number of hydrogen-bond donors (Lipinski definition) is 0. The molecule has 148 valence electrons. The summed E-state index contributed by atoms with van der Waals surface area (Å²) in [6.07, 6.45) is 1.04. The van der Waals surface area contributed by atoms with Crippen molar-refractivity contribution in [3.63, 3.8) is 0 Å². The fraction of sp³-hybridized carbons (Fsp3) is 0.400. The van der Waals surface area contributed by atoms with Crippen molar-refractivity contribution in [2.24, 2.45) is 11.8 Å². The van der Waals surface area contributed by atoms with Gasteiger partial charge in [-0.05, 0) is 59.8 Å². The highest BCUT2D eigenvalue weighted by Gasteiger charge is 2.34. The van der Waals surface area contributed by atoms with E-state index < -0.39 is 10.0 Å². The Hall–Kier alpha value is -1.90. The molecular weight excluding hydrogens is 394 g/mol. The smallest absolute Gasteiger partial charge is 0.243 e. The molecule has 1 fully saturated rings. The van der Waals surface area contributed by atoms with Crippen LogP contribution in [0.3, 0.4) is 0 Å². The predicted molar refractivity (Wildman–Crippen MR) is 109 cm³/mol. The van der Waals surface area contributed by atoms with Crippen LogP contribution in [0.4, 0.5) is 0 Å². The summed E-state index contributed by atoms with van der Waals surface area (Å²) in [5, 5.41) is 7.92. The fourth-order valence-electron chi connectivity index (χ4n) is 3.79. The second-order valence-electron chi connectivity index (χ2n) is 7.71. The molecule has 2 unspecified atom stereocenters. The van der Waals surface area contributed by atoms with Gasteiger partial charge in [0.25, 0.3) is 0 Å². The van der Waals surface area contributed by atoms with Crippen LogP contribution in [-0.4, -0.2) is 36.1 Å². The topological polar surface area (TPSA) is 76.3 Å². The van der Waals surface area contributed by atoms with E-state index in [0.29, 0.717) is 36.0 Å².